The Morgan fingerprint density at radius 2 is 2.07 bits per heavy atom. The number of nitriles is 1. The molecule has 0 aliphatic rings. The molecular weight excluding hydrogens is 384 g/mol. The minimum atomic E-state index is 0.584. The van der Waals surface area contributed by atoms with Crippen molar-refractivity contribution < 1.29 is 4.74 Å². The molecule has 6 heteroatoms. The van der Waals surface area contributed by atoms with Crippen molar-refractivity contribution >= 4 is 28.2 Å². The highest BCUT2D eigenvalue weighted by molar-refractivity contribution is 6.32. The Hall–Kier alpha value is -2.81. The fourth-order valence-electron chi connectivity index (χ4n) is 3.39. The molecule has 0 spiro atoms. The van der Waals surface area contributed by atoms with Gasteiger partial charge in [0, 0.05) is 35.9 Å². The SMILES string of the molecule is CCCN(C)Cc1cnc2ccc(C#N)cc2c1NCc1ccc(OC)c(Cl)c1. The third kappa shape index (κ3) is 4.97. The van der Waals surface area contributed by atoms with E-state index in [0.717, 1.165) is 47.2 Å². The molecule has 0 atom stereocenters. The van der Waals surface area contributed by atoms with Gasteiger partial charge in [-0.25, -0.2) is 0 Å². The second-order valence-electron chi connectivity index (χ2n) is 7.06. The molecule has 0 unspecified atom stereocenters. The second kappa shape index (κ2) is 9.60. The second-order valence-corrected chi connectivity index (χ2v) is 7.47. The van der Waals surface area contributed by atoms with E-state index in [9.17, 15) is 5.26 Å². The van der Waals surface area contributed by atoms with Crippen molar-refractivity contribution in [3.8, 4) is 11.8 Å². The summed E-state index contributed by atoms with van der Waals surface area (Å²) in [6, 6.07) is 13.6. The lowest BCUT2D eigenvalue weighted by atomic mass is 10.1. The number of halogens is 1. The summed E-state index contributed by atoms with van der Waals surface area (Å²) in [5, 5.41) is 14.4. The fraction of sp³-hybridized carbons (Fsp3) is 0.304. The van der Waals surface area contributed by atoms with Gasteiger partial charge in [-0.1, -0.05) is 24.6 Å². The summed E-state index contributed by atoms with van der Waals surface area (Å²) in [6.07, 6.45) is 3.01. The molecule has 0 aliphatic heterocycles. The maximum atomic E-state index is 9.33. The van der Waals surface area contributed by atoms with Crippen LogP contribution in [0.1, 0.15) is 30.0 Å². The van der Waals surface area contributed by atoms with E-state index in [1.807, 2.05) is 36.5 Å². The summed E-state index contributed by atoms with van der Waals surface area (Å²) in [5.41, 5.74) is 4.63. The number of hydrogen-bond acceptors (Lipinski definition) is 5. The van der Waals surface area contributed by atoms with Crippen molar-refractivity contribution in [1.29, 1.82) is 5.26 Å². The number of hydrogen-bond donors (Lipinski definition) is 1. The number of anilines is 1. The first-order valence-electron chi connectivity index (χ1n) is 9.62. The van der Waals surface area contributed by atoms with Crippen molar-refractivity contribution in [2.24, 2.45) is 0 Å². The van der Waals surface area contributed by atoms with Gasteiger partial charge in [0.2, 0.25) is 0 Å². The van der Waals surface area contributed by atoms with Gasteiger partial charge in [0.05, 0.1) is 29.3 Å². The Labute approximate surface area is 176 Å². The van der Waals surface area contributed by atoms with Gasteiger partial charge in [0.15, 0.2) is 0 Å². The first-order chi connectivity index (χ1) is 14.0. The Morgan fingerprint density at radius 3 is 2.76 bits per heavy atom. The van der Waals surface area contributed by atoms with Crippen molar-refractivity contribution in [2.45, 2.75) is 26.4 Å². The minimum absolute atomic E-state index is 0.584. The van der Waals surface area contributed by atoms with E-state index in [1.54, 1.807) is 13.2 Å². The first kappa shape index (κ1) is 20.9. The molecule has 1 heterocycles. The molecule has 1 aromatic heterocycles. The molecule has 3 rings (SSSR count). The van der Waals surface area contributed by atoms with Crippen LogP contribution >= 0.6 is 11.6 Å². The van der Waals surface area contributed by atoms with E-state index in [1.165, 1.54) is 0 Å². The fourth-order valence-corrected chi connectivity index (χ4v) is 3.67. The molecule has 0 aliphatic carbocycles. The van der Waals surface area contributed by atoms with Crippen LogP contribution in [-0.4, -0.2) is 30.6 Å². The van der Waals surface area contributed by atoms with Crippen LogP contribution in [0.3, 0.4) is 0 Å². The summed E-state index contributed by atoms with van der Waals surface area (Å²) in [6.45, 7) is 4.55. The third-order valence-corrected chi connectivity index (χ3v) is 5.10. The van der Waals surface area contributed by atoms with Crippen LogP contribution in [0.25, 0.3) is 10.9 Å². The zero-order valence-electron chi connectivity index (χ0n) is 17.0. The highest BCUT2D eigenvalue weighted by Crippen LogP contribution is 2.30. The summed E-state index contributed by atoms with van der Waals surface area (Å²) in [5.74, 6) is 0.658. The van der Waals surface area contributed by atoms with Crippen LogP contribution in [-0.2, 0) is 13.1 Å². The van der Waals surface area contributed by atoms with Crippen molar-refractivity contribution in [3.63, 3.8) is 0 Å². The molecule has 0 bridgehead atoms. The molecule has 0 radical (unpaired) electrons. The molecule has 0 saturated carbocycles. The van der Waals surface area contributed by atoms with Gasteiger partial charge in [-0.2, -0.15) is 5.26 Å². The summed E-state index contributed by atoms with van der Waals surface area (Å²) >= 11 is 6.28. The lowest BCUT2D eigenvalue weighted by Gasteiger charge is -2.20. The number of nitrogens with one attached hydrogen (secondary N) is 1. The Balaban J connectivity index is 1.97. The Bertz CT molecular complexity index is 1040. The lowest BCUT2D eigenvalue weighted by Crippen LogP contribution is -2.19. The molecule has 0 saturated heterocycles. The molecule has 1 N–H and O–H groups in total. The maximum Gasteiger partial charge on any atom is 0.137 e. The van der Waals surface area contributed by atoms with E-state index in [4.69, 9.17) is 16.3 Å². The number of rotatable bonds is 8. The predicted octanol–water partition coefficient (Wildman–Crippen LogP) is 5.22. The van der Waals surface area contributed by atoms with Gasteiger partial charge in [0.1, 0.15) is 5.75 Å². The highest BCUT2D eigenvalue weighted by Gasteiger charge is 2.12. The lowest BCUT2D eigenvalue weighted by molar-refractivity contribution is 0.328. The van der Waals surface area contributed by atoms with Gasteiger partial charge in [-0.05, 0) is 55.9 Å². The zero-order valence-corrected chi connectivity index (χ0v) is 17.8. The van der Waals surface area contributed by atoms with Crippen molar-refractivity contribution in [3.05, 3.63) is 64.3 Å². The van der Waals surface area contributed by atoms with E-state index < -0.39 is 0 Å². The molecule has 3 aromatic rings. The highest BCUT2D eigenvalue weighted by atomic mass is 35.5. The predicted molar refractivity (Wildman–Crippen MR) is 118 cm³/mol. The Morgan fingerprint density at radius 1 is 1.24 bits per heavy atom. The van der Waals surface area contributed by atoms with Gasteiger partial charge in [-0.3, -0.25) is 4.98 Å². The summed E-state index contributed by atoms with van der Waals surface area (Å²) in [4.78, 5) is 6.88. The average molecular weight is 409 g/mol. The standard InChI is InChI=1S/C23H25ClN4O/c1-4-9-28(2)15-18-14-26-21-7-5-16(12-25)10-19(21)23(18)27-13-17-6-8-22(29-3)20(24)11-17/h5-8,10-11,14H,4,9,13,15H2,1-3H3,(H,26,27). The van der Waals surface area contributed by atoms with Crippen LogP contribution in [0, 0.1) is 11.3 Å². The topological polar surface area (TPSA) is 61.2 Å². The third-order valence-electron chi connectivity index (χ3n) is 4.81. The van der Waals surface area contributed by atoms with Crippen LogP contribution < -0.4 is 10.1 Å². The molecule has 0 fully saturated rings. The zero-order chi connectivity index (χ0) is 20.8. The molecular formula is C23H25ClN4O. The van der Waals surface area contributed by atoms with Crippen LogP contribution in [0.2, 0.25) is 5.02 Å². The van der Waals surface area contributed by atoms with E-state index in [-0.39, 0.29) is 0 Å². The van der Waals surface area contributed by atoms with Crippen LogP contribution in [0.5, 0.6) is 5.75 Å². The smallest absolute Gasteiger partial charge is 0.137 e. The van der Waals surface area contributed by atoms with E-state index in [0.29, 0.717) is 22.9 Å². The monoisotopic (exact) mass is 408 g/mol. The Kier molecular flexibility index (Phi) is 6.92. The maximum absolute atomic E-state index is 9.33. The molecule has 0 amide bonds. The van der Waals surface area contributed by atoms with Crippen molar-refractivity contribution in [2.75, 3.05) is 26.0 Å². The minimum Gasteiger partial charge on any atom is -0.495 e. The number of pyridine rings is 1. The largest absolute Gasteiger partial charge is 0.495 e. The summed E-state index contributed by atoms with van der Waals surface area (Å²) < 4.78 is 5.23. The average Bonchev–Trinajstić information content (AvgIpc) is 2.72. The van der Waals surface area contributed by atoms with Crippen LogP contribution in [0.15, 0.2) is 42.6 Å². The van der Waals surface area contributed by atoms with Gasteiger partial charge < -0.3 is 15.0 Å². The number of fused-ring (bicyclic) bond motifs is 1. The molecule has 29 heavy (non-hydrogen) atoms. The molecule has 5 nitrogen and oxygen atoms in total. The van der Waals surface area contributed by atoms with E-state index >= 15 is 0 Å². The van der Waals surface area contributed by atoms with Crippen LogP contribution in [0.4, 0.5) is 5.69 Å². The summed E-state index contributed by atoms with van der Waals surface area (Å²) in [7, 11) is 3.71. The number of methoxy groups -OCH3 is 1. The van der Waals surface area contributed by atoms with Crippen molar-refractivity contribution in [1.82, 2.24) is 9.88 Å². The number of nitrogens with zero attached hydrogens (tertiary/aromatic N) is 3. The van der Waals surface area contributed by atoms with E-state index in [2.05, 4.69) is 35.2 Å². The van der Waals surface area contributed by atoms with Gasteiger partial charge >= 0.3 is 0 Å². The van der Waals surface area contributed by atoms with Gasteiger partial charge in [0.25, 0.3) is 0 Å². The quantitative estimate of drug-likeness (QED) is 0.553. The number of benzene rings is 2. The van der Waals surface area contributed by atoms with Gasteiger partial charge in [-0.15, -0.1) is 0 Å². The normalized spacial score (nSPS) is 10.9. The number of ether oxygens (including phenoxy) is 1. The number of aromatic nitrogens is 1. The molecule has 2 aromatic carbocycles. The molecule has 150 valence electrons. The first-order valence-corrected chi connectivity index (χ1v) is 10.00.